The van der Waals surface area contributed by atoms with Gasteiger partial charge < -0.3 is 15.2 Å². The van der Waals surface area contributed by atoms with Crippen LogP contribution in [0.25, 0.3) is 0 Å². The maximum absolute atomic E-state index is 11.5. The summed E-state index contributed by atoms with van der Waals surface area (Å²) in [5.41, 5.74) is 0.840. The van der Waals surface area contributed by atoms with Gasteiger partial charge in [0.2, 0.25) is 5.91 Å². The van der Waals surface area contributed by atoms with Gasteiger partial charge in [-0.05, 0) is 24.6 Å². The van der Waals surface area contributed by atoms with Gasteiger partial charge in [0.25, 0.3) is 0 Å². The molecule has 1 aromatic carbocycles. The molecule has 0 aliphatic heterocycles. The lowest BCUT2D eigenvalue weighted by molar-refractivity contribution is -0.142. The third-order valence-corrected chi connectivity index (χ3v) is 2.95. The molecule has 0 spiro atoms. The van der Waals surface area contributed by atoms with E-state index in [1.165, 1.54) is 0 Å². The average molecular weight is 330 g/mol. The minimum Gasteiger partial charge on any atom is -0.480 e. The van der Waals surface area contributed by atoms with Crippen LogP contribution in [0.2, 0.25) is 0 Å². The van der Waals surface area contributed by atoms with Crippen LogP contribution < -0.4 is 5.32 Å². The Kier molecular flexibility index (Phi) is 6.52. The lowest BCUT2D eigenvalue weighted by Gasteiger charge is -2.14. The number of hydrogen-bond donors (Lipinski definition) is 2. The molecule has 0 saturated heterocycles. The number of rotatable bonds is 7. The Morgan fingerprint density at radius 2 is 2.00 bits per heavy atom. The van der Waals surface area contributed by atoms with Gasteiger partial charge in [0.15, 0.2) is 0 Å². The van der Waals surface area contributed by atoms with Crippen LogP contribution in [-0.4, -0.2) is 36.2 Å². The van der Waals surface area contributed by atoms with Crippen LogP contribution in [-0.2, 0) is 20.7 Å². The first kappa shape index (κ1) is 15.7. The lowest BCUT2D eigenvalue weighted by Crippen LogP contribution is -2.43. The number of carboxylic acid groups (broad SMARTS) is 1. The molecule has 19 heavy (non-hydrogen) atoms. The number of nitrogens with one attached hydrogen (secondary N) is 1. The molecule has 0 aliphatic rings. The molecule has 1 amide bonds. The molecule has 5 nitrogen and oxygen atoms in total. The van der Waals surface area contributed by atoms with Crippen molar-refractivity contribution < 1.29 is 19.4 Å². The topological polar surface area (TPSA) is 75.6 Å². The van der Waals surface area contributed by atoms with Gasteiger partial charge in [-0.3, -0.25) is 4.79 Å². The Labute approximate surface area is 120 Å². The summed E-state index contributed by atoms with van der Waals surface area (Å²) >= 11 is 3.31. The van der Waals surface area contributed by atoms with E-state index < -0.39 is 17.9 Å². The van der Waals surface area contributed by atoms with E-state index in [1.54, 1.807) is 6.92 Å². The van der Waals surface area contributed by atoms with Gasteiger partial charge in [-0.1, -0.05) is 28.1 Å². The van der Waals surface area contributed by atoms with E-state index in [1.807, 2.05) is 24.3 Å². The van der Waals surface area contributed by atoms with Gasteiger partial charge in [-0.15, -0.1) is 0 Å². The molecule has 6 heteroatoms. The number of benzene rings is 1. The highest BCUT2D eigenvalue weighted by Crippen LogP contribution is 2.12. The predicted octanol–water partition coefficient (Wildman–Crippen LogP) is 1.60. The van der Waals surface area contributed by atoms with E-state index in [9.17, 15) is 9.59 Å². The van der Waals surface area contributed by atoms with E-state index in [2.05, 4.69) is 21.2 Å². The largest absolute Gasteiger partial charge is 0.480 e. The van der Waals surface area contributed by atoms with Crippen molar-refractivity contribution in [3.05, 3.63) is 34.3 Å². The molecule has 0 heterocycles. The monoisotopic (exact) mass is 329 g/mol. The number of ether oxygens (including phenoxy) is 1. The van der Waals surface area contributed by atoms with E-state index in [0.29, 0.717) is 6.61 Å². The molecule has 0 unspecified atom stereocenters. The Morgan fingerprint density at radius 1 is 1.37 bits per heavy atom. The summed E-state index contributed by atoms with van der Waals surface area (Å²) in [6.45, 7) is 2.06. The van der Waals surface area contributed by atoms with E-state index in [4.69, 9.17) is 9.84 Å². The van der Waals surface area contributed by atoms with Crippen molar-refractivity contribution in [2.24, 2.45) is 0 Å². The maximum atomic E-state index is 11.5. The zero-order valence-electron chi connectivity index (χ0n) is 10.6. The van der Waals surface area contributed by atoms with Crippen LogP contribution in [0.1, 0.15) is 12.5 Å². The first-order chi connectivity index (χ1) is 9.02. The third-order valence-electron chi connectivity index (χ3n) is 2.42. The molecule has 1 atom stereocenters. The van der Waals surface area contributed by atoms with Crippen LogP contribution >= 0.6 is 15.9 Å². The molecule has 0 aromatic heterocycles. The highest BCUT2D eigenvalue weighted by atomic mass is 79.9. The summed E-state index contributed by atoms with van der Waals surface area (Å²) < 4.78 is 5.85. The van der Waals surface area contributed by atoms with Crippen molar-refractivity contribution in [1.82, 2.24) is 5.32 Å². The third kappa shape index (κ3) is 5.85. The van der Waals surface area contributed by atoms with Crippen LogP contribution in [0.15, 0.2) is 28.7 Å². The minimum atomic E-state index is -1.06. The molecule has 0 radical (unpaired) electrons. The fourth-order valence-electron chi connectivity index (χ4n) is 1.49. The van der Waals surface area contributed by atoms with Gasteiger partial charge in [0.1, 0.15) is 12.6 Å². The fraction of sp³-hybridized carbons (Fsp3) is 0.385. The van der Waals surface area contributed by atoms with Crippen LogP contribution in [0.5, 0.6) is 0 Å². The number of carbonyl (C=O) groups excluding carboxylic acids is 1. The fourth-order valence-corrected chi connectivity index (χ4v) is 1.75. The van der Waals surface area contributed by atoms with Crippen LogP contribution in [0, 0.1) is 0 Å². The summed E-state index contributed by atoms with van der Waals surface area (Å²) in [7, 11) is 0. The SMILES string of the molecule is CCOCC(=O)N[C@@H](Cc1ccc(Br)cc1)C(=O)O. The minimum absolute atomic E-state index is 0.124. The Bertz CT molecular complexity index is 433. The summed E-state index contributed by atoms with van der Waals surface area (Å²) in [4.78, 5) is 22.6. The summed E-state index contributed by atoms with van der Waals surface area (Å²) in [6, 6.07) is 6.34. The normalized spacial score (nSPS) is 11.9. The lowest BCUT2D eigenvalue weighted by atomic mass is 10.1. The van der Waals surface area contributed by atoms with Gasteiger partial charge in [0, 0.05) is 17.5 Å². The highest BCUT2D eigenvalue weighted by Gasteiger charge is 2.20. The average Bonchev–Trinajstić information content (AvgIpc) is 2.38. The number of hydrogen-bond acceptors (Lipinski definition) is 3. The zero-order valence-corrected chi connectivity index (χ0v) is 12.1. The molecular weight excluding hydrogens is 314 g/mol. The van der Waals surface area contributed by atoms with Crippen molar-refractivity contribution in [2.45, 2.75) is 19.4 Å². The standard InChI is InChI=1S/C13H16BrNO4/c1-2-19-8-12(16)15-11(13(17)18)7-9-3-5-10(14)6-4-9/h3-6,11H,2,7-8H2,1H3,(H,15,16)(H,17,18)/t11-/m0/s1. The number of carboxylic acids is 1. The van der Waals surface area contributed by atoms with Crippen molar-refractivity contribution >= 4 is 27.8 Å². The predicted molar refractivity (Wildman–Crippen MR) is 73.9 cm³/mol. The molecular formula is C13H16BrNO4. The summed E-state index contributed by atoms with van der Waals surface area (Å²) in [6.07, 6.45) is 0.237. The molecule has 0 bridgehead atoms. The molecule has 0 saturated carbocycles. The second-order valence-electron chi connectivity index (χ2n) is 3.93. The zero-order chi connectivity index (χ0) is 14.3. The first-order valence-electron chi connectivity index (χ1n) is 5.87. The van der Waals surface area contributed by atoms with E-state index >= 15 is 0 Å². The number of amides is 1. The quantitative estimate of drug-likeness (QED) is 0.796. The molecule has 0 fully saturated rings. The summed E-state index contributed by atoms with van der Waals surface area (Å²) in [5, 5.41) is 11.5. The second-order valence-corrected chi connectivity index (χ2v) is 4.84. The number of carbonyl (C=O) groups is 2. The summed E-state index contributed by atoms with van der Waals surface area (Å²) in [5.74, 6) is -1.49. The van der Waals surface area contributed by atoms with Crippen LogP contribution in [0.3, 0.4) is 0 Å². The Balaban J connectivity index is 2.60. The van der Waals surface area contributed by atoms with Gasteiger partial charge in [-0.2, -0.15) is 0 Å². The second kappa shape index (κ2) is 7.91. The Morgan fingerprint density at radius 3 is 2.53 bits per heavy atom. The van der Waals surface area contributed by atoms with E-state index in [0.717, 1.165) is 10.0 Å². The molecule has 1 rings (SSSR count). The molecule has 0 aliphatic carbocycles. The van der Waals surface area contributed by atoms with E-state index in [-0.39, 0.29) is 13.0 Å². The van der Waals surface area contributed by atoms with Gasteiger partial charge >= 0.3 is 5.97 Å². The van der Waals surface area contributed by atoms with Gasteiger partial charge in [0.05, 0.1) is 0 Å². The Hall–Kier alpha value is -1.40. The van der Waals surface area contributed by atoms with Crippen molar-refractivity contribution in [1.29, 1.82) is 0 Å². The number of halogens is 1. The maximum Gasteiger partial charge on any atom is 0.326 e. The first-order valence-corrected chi connectivity index (χ1v) is 6.66. The number of aliphatic carboxylic acids is 1. The highest BCUT2D eigenvalue weighted by molar-refractivity contribution is 9.10. The van der Waals surface area contributed by atoms with Crippen molar-refractivity contribution in [2.75, 3.05) is 13.2 Å². The molecule has 1 aromatic rings. The van der Waals surface area contributed by atoms with Crippen molar-refractivity contribution in [3.63, 3.8) is 0 Å². The van der Waals surface area contributed by atoms with Gasteiger partial charge in [-0.25, -0.2) is 4.79 Å². The van der Waals surface area contributed by atoms with Crippen molar-refractivity contribution in [3.8, 4) is 0 Å². The smallest absolute Gasteiger partial charge is 0.326 e. The molecule has 104 valence electrons. The molecule has 2 N–H and O–H groups in total. The van der Waals surface area contributed by atoms with Crippen LogP contribution in [0.4, 0.5) is 0 Å².